The Bertz CT molecular complexity index is 429. The molecule has 0 aliphatic rings. The first kappa shape index (κ1) is 15.3. The molecule has 0 saturated carbocycles. The van der Waals surface area contributed by atoms with Crippen LogP contribution in [0.2, 0.25) is 0 Å². The van der Waals surface area contributed by atoms with Crippen LogP contribution in [0.25, 0.3) is 0 Å². The van der Waals surface area contributed by atoms with Crippen molar-refractivity contribution in [1.82, 2.24) is 0 Å². The fourth-order valence-electron chi connectivity index (χ4n) is 1.81. The van der Waals surface area contributed by atoms with Crippen molar-refractivity contribution in [3.05, 3.63) is 29.3 Å². The number of hydrogen-bond acceptors (Lipinski definition) is 2. The Kier molecular flexibility index (Phi) is 5.90. The van der Waals surface area contributed by atoms with E-state index in [1.165, 1.54) is 11.1 Å². The highest BCUT2D eigenvalue weighted by Gasteiger charge is 2.20. The van der Waals surface area contributed by atoms with Gasteiger partial charge in [0.05, 0.1) is 6.16 Å². The summed E-state index contributed by atoms with van der Waals surface area (Å²) >= 11 is 0. The van der Waals surface area contributed by atoms with Crippen LogP contribution >= 0.6 is 7.60 Å². The minimum absolute atomic E-state index is 0.223. The molecule has 0 fully saturated rings. The van der Waals surface area contributed by atoms with Gasteiger partial charge in [0.25, 0.3) is 0 Å². The molecule has 3 nitrogen and oxygen atoms in total. The zero-order valence-corrected chi connectivity index (χ0v) is 12.4. The molecule has 0 aliphatic carbocycles. The zero-order valence-electron chi connectivity index (χ0n) is 11.5. The van der Waals surface area contributed by atoms with Gasteiger partial charge in [-0.3, -0.25) is 0 Å². The van der Waals surface area contributed by atoms with E-state index in [1.54, 1.807) is 6.07 Å². The van der Waals surface area contributed by atoms with Gasteiger partial charge in [-0.2, -0.15) is 0 Å². The van der Waals surface area contributed by atoms with Crippen LogP contribution in [0.1, 0.15) is 44.2 Å². The van der Waals surface area contributed by atoms with Gasteiger partial charge in [-0.05, 0) is 43.0 Å². The first-order chi connectivity index (χ1) is 8.48. The molecular weight excluding hydrogens is 247 g/mol. The van der Waals surface area contributed by atoms with E-state index in [2.05, 4.69) is 6.92 Å². The molecule has 0 bridgehead atoms. The van der Waals surface area contributed by atoms with Crippen molar-refractivity contribution in [2.75, 3.05) is 6.16 Å². The summed E-state index contributed by atoms with van der Waals surface area (Å²) in [7, 11) is -3.48. The lowest BCUT2D eigenvalue weighted by Gasteiger charge is -2.14. The van der Waals surface area contributed by atoms with Crippen LogP contribution < -0.4 is 4.52 Å². The van der Waals surface area contributed by atoms with Gasteiger partial charge in [-0.25, -0.2) is 4.57 Å². The Hall–Kier alpha value is -0.790. The summed E-state index contributed by atoms with van der Waals surface area (Å²) in [5.41, 5.74) is 2.39. The molecule has 0 heterocycles. The maximum Gasteiger partial charge on any atom is 0.376 e. The third-order valence-electron chi connectivity index (χ3n) is 2.88. The number of rotatable bonds is 7. The Morgan fingerprint density at radius 3 is 2.61 bits per heavy atom. The van der Waals surface area contributed by atoms with Gasteiger partial charge in [0.15, 0.2) is 0 Å². The molecule has 1 aromatic carbocycles. The van der Waals surface area contributed by atoms with Gasteiger partial charge in [0, 0.05) is 0 Å². The van der Waals surface area contributed by atoms with Crippen LogP contribution in [0, 0.1) is 6.92 Å². The van der Waals surface area contributed by atoms with Crippen molar-refractivity contribution in [3.63, 3.8) is 0 Å². The SMILES string of the molecule is CCCCP(=O)(O)Oc1ccc(C)c(CCC)c1. The lowest BCUT2D eigenvalue weighted by molar-refractivity contribution is 0.378. The van der Waals surface area contributed by atoms with Gasteiger partial charge in [-0.1, -0.05) is 32.8 Å². The predicted octanol–water partition coefficient (Wildman–Crippen LogP) is 4.31. The van der Waals surface area contributed by atoms with Crippen molar-refractivity contribution in [2.45, 2.75) is 46.5 Å². The highest BCUT2D eigenvalue weighted by atomic mass is 31.2. The Morgan fingerprint density at radius 2 is 2.00 bits per heavy atom. The van der Waals surface area contributed by atoms with E-state index in [0.29, 0.717) is 12.2 Å². The van der Waals surface area contributed by atoms with E-state index in [4.69, 9.17) is 4.52 Å². The van der Waals surface area contributed by atoms with E-state index >= 15 is 0 Å². The monoisotopic (exact) mass is 270 g/mol. The first-order valence-corrected chi connectivity index (χ1v) is 8.35. The Balaban J connectivity index is 2.78. The summed E-state index contributed by atoms with van der Waals surface area (Å²) in [6.07, 6.45) is 3.84. The summed E-state index contributed by atoms with van der Waals surface area (Å²) in [6.45, 7) is 6.15. The molecule has 1 aromatic rings. The fraction of sp³-hybridized carbons (Fsp3) is 0.571. The molecule has 1 unspecified atom stereocenters. The lowest BCUT2D eigenvalue weighted by atomic mass is 10.0. The molecule has 0 spiro atoms. The molecule has 102 valence electrons. The summed E-state index contributed by atoms with van der Waals surface area (Å²) in [5.74, 6) is 0.506. The van der Waals surface area contributed by atoms with Crippen molar-refractivity contribution >= 4 is 7.60 Å². The van der Waals surface area contributed by atoms with Crippen LogP contribution in [0.4, 0.5) is 0 Å². The van der Waals surface area contributed by atoms with Crippen LogP contribution in [0.3, 0.4) is 0 Å². The maximum absolute atomic E-state index is 11.8. The van der Waals surface area contributed by atoms with Crippen molar-refractivity contribution < 1.29 is 14.0 Å². The van der Waals surface area contributed by atoms with Gasteiger partial charge < -0.3 is 9.42 Å². The van der Waals surface area contributed by atoms with Gasteiger partial charge in [-0.15, -0.1) is 0 Å². The van der Waals surface area contributed by atoms with Gasteiger partial charge in [0.2, 0.25) is 0 Å². The molecule has 0 radical (unpaired) electrons. The standard InChI is InChI=1S/C14H23O3P/c1-4-6-10-18(15,16)17-14-9-8-12(3)13(11-14)7-5-2/h8-9,11H,4-7,10H2,1-3H3,(H,15,16). The molecule has 18 heavy (non-hydrogen) atoms. The number of unbranched alkanes of at least 4 members (excludes halogenated alkanes) is 1. The van der Waals surface area contributed by atoms with Crippen molar-refractivity contribution in [2.24, 2.45) is 0 Å². The summed E-state index contributed by atoms with van der Waals surface area (Å²) < 4.78 is 17.1. The highest BCUT2D eigenvalue weighted by Crippen LogP contribution is 2.43. The number of aryl methyl sites for hydroxylation is 2. The van der Waals surface area contributed by atoms with E-state index < -0.39 is 7.60 Å². The van der Waals surface area contributed by atoms with E-state index in [1.807, 2.05) is 26.0 Å². The average molecular weight is 270 g/mol. The van der Waals surface area contributed by atoms with Gasteiger partial charge in [0.1, 0.15) is 5.75 Å². The quantitative estimate of drug-likeness (QED) is 0.751. The summed E-state index contributed by atoms with van der Waals surface area (Å²) in [5, 5.41) is 0. The largest absolute Gasteiger partial charge is 0.424 e. The minimum Gasteiger partial charge on any atom is -0.424 e. The first-order valence-electron chi connectivity index (χ1n) is 6.59. The average Bonchev–Trinajstić information content (AvgIpc) is 2.31. The Labute approximate surface area is 110 Å². The molecule has 4 heteroatoms. The summed E-state index contributed by atoms with van der Waals surface area (Å²) in [4.78, 5) is 9.72. The number of benzene rings is 1. The van der Waals surface area contributed by atoms with Crippen LogP contribution in [0.5, 0.6) is 5.75 Å². The topological polar surface area (TPSA) is 46.5 Å². The van der Waals surface area contributed by atoms with Crippen molar-refractivity contribution in [3.8, 4) is 5.75 Å². The van der Waals surface area contributed by atoms with E-state index in [9.17, 15) is 9.46 Å². The highest BCUT2D eigenvalue weighted by molar-refractivity contribution is 7.53. The molecule has 0 aliphatic heterocycles. The van der Waals surface area contributed by atoms with Crippen molar-refractivity contribution in [1.29, 1.82) is 0 Å². The normalized spacial score (nSPS) is 14.2. The zero-order chi connectivity index (χ0) is 13.6. The van der Waals surface area contributed by atoms with E-state index in [0.717, 1.165) is 19.3 Å². The molecule has 0 aromatic heterocycles. The second-order valence-corrected chi connectivity index (χ2v) is 6.55. The second-order valence-electron chi connectivity index (χ2n) is 4.64. The molecule has 0 amide bonds. The van der Waals surface area contributed by atoms with Gasteiger partial charge >= 0.3 is 7.60 Å². The smallest absolute Gasteiger partial charge is 0.376 e. The molecule has 0 saturated heterocycles. The molecule has 1 rings (SSSR count). The lowest BCUT2D eigenvalue weighted by Crippen LogP contribution is -1.98. The fourth-order valence-corrected chi connectivity index (χ4v) is 3.06. The van der Waals surface area contributed by atoms with Crippen LogP contribution in [-0.2, 0) is 11.0 Å². The molecular formula is C14H23O3P. The maximum atomic E-state index is 11.8. The molecule has 1 N–H and O–H groups in total. The third kappa shape index (κ3) is 4.83. The number of hydrogen-bond donors (Lipinski definition) is 1. The minimum atomic E-state index is -3.48. The summed E-state index contributed by atoms with van der Waals surface area (Å²) in [6, 6.07) is 5.59. The predicted molar refractivity (Wildman–Crippen MR) is 75.4 cm³/mol. The van der Waals surface area contributed by atoms with E-state index in [-0.39, 0.29) is 6.16 Å². The Morgan fingerprint density at radius 1 is 1.28 bits per heavy atom. The van der Waals surface area contributed by atoms with Crippen LogP contribution in [0.15, 0.2) is 18.2 Å². The molecule has 1 atom stereocenters. The van der Waals surface area contributed by atoms with Crippen LogP contribution in [-0.4, -0.2) is 11.1 Å². The second kappa shape index (κ2) is 6.96. The third-order valence-corrected chi connectivity index (χ3v) is 4.26.